The average Bonchev–Trinajstić information content (AvgIpc) is 2.26. The molecule has 15 heavy (non-hydrogen) atoms. The van der Waals surface area contributed by atoms with Crippen molar-refractivity contribution in [2.24, 2.45) is 0 Å². The summed E-state index contributed by atoms with van der Waals surface area (Å²) in [4.78, 5) is 4.90. The first-order valence-corrected chi connectivity index (χ1v) is 5.69. The Balaban J connectivity index is 2.25. The summed E-state index contributed by atoms with van der Waals surface area (Å²) in [6, 6.07) is 0.660. The van der Waals surface area contributed by atoms with Crippen molar-refractivity contribution >= 4 is 0 Å². The van der Waals surface area contributed by atoms with E-state index in [1.807, 2.05) is 0 Å². The minimum Gasteiger partial charge on any atom is -0.355 e. The van der Waals surface area contributed by atoms with Gasteiger partial charge in [0.25, 0.3) is 0 Å². The van der Waals surface area contributed by atoms with E-state index in [0.29, 0.717) is 6.04 Å². The SMILES string of the molecule is COC(CN1CCN(C(C)C)CC1)OC. The third-order valence-corrected chi connectivity index (χ3v) is 3.07. The molecule has 0 bridgehead atoms. The molecule has 4 heteroatoms. The topological polar surface area (TPSA) is 24.9 Å². The molecule has 1 aliphatic rings. The molecular weight excluding hydrogens is 192 g/mol. The van der Waals surface area contributed by atoms with Gasteiger partial charge in [0.2, 0.25) is 0 Å². The molecule has 0 saturated carbocycles. The number of hydrogen-bond acceptors (Lipinski definition) is 4. The molecule has 0 aliphatic carbocycles. The third-order valence-electron chi connectivity index (χ3n) is 3.07. The van der Waals surface area contributed by atoms with Gasteiger partial charge in [0.05, 0.1) is 0 Å². The fourth-order valence-electron chi connectivity index (χ4n) is 1.92. The van der Waals surface area contributed by atoms with E-state index < -0.39 is 0 Å². The highest BCUT2D eigenvalue weighted by atomic mass is 16.7. The van der Waals surface area contributed by atoms with E-state index in [0.717, 1.165) is 32.7 Å². The Bertz CT molecular complexity index is 164. The minimum absolute atomic E-state index is 0.0874. The summed E-state index contributed by atoms with van der Waals surface area (Å²) in [5.41, 5.74) is 0. The average molecular weight is 216 g/mol. The molecule has 1 heterocycles. The number of methoxy groups -OCH3 is 2. The summed E-state index contributed by atoms with van der Waals surface area (Å²) >= 11 is 0. The van der Waals surface area contributed by atoms with Crippen LogP contribution in [0.15, 0.2) is 0 Å². The molecule has 0 atom stereocenters. The smallest absolute Gasteiger partial charge is 0.169 e. The Hall–Kier alpha value is -0.160. The first-order chi connectivity index (χ1) is 7.17. The molecular formula is C11H24N2O2. The van der Waals surface area contributed by atoms with Gasteiger partial charge in [-0.3, -0.25) is 9.80 Å². The molecule has 0 radical (unpaired) electrons. The first kappa shape index (κ1) is 12.9. The van der Waals surface area contributed by atoms with Crippen LogP contribution in [0, 0.1) is 0 Å². The third kappa shape index (κ3) is 4.07. The molecule has 0 aromatic carbocycles. The van der Waals surface area contributed by atoms with Crippen molar-refractivity contribution in [3.63, 3.8) is 0 Å². The molecule has 1 rings (SSSR count). The van der Waals surface area contributed by atoms with Crippen LogP contribution in [0.2, 0.25) is 0 Å². The lowest BCUT2D eigenvalue weighted by Gasteiger charge is -2.37. The van der Waals surface area contributed by atoms with Gasteiger partial charge >= 0.3 is 0 Å². The normalized spacial score (nSPS) is 20.4. The number of piperazine rings is 1. The van der Waals surface area contributed by atoms with Crippen LogP contribution in [0.25, 0.3) is 0 Å². The quantitative estimate of drug-likeness (QED) is 0.629. The summed E-state index contributed by atoms with van der Waals surface area (Å²) in [5.74, 6) is 0. The number of ether oxygens (including phenoxy) is 2. The van der Waals surface area contributed by atoms with Gasteiger partial charge in [-0.15, -0.1) is 0 Å². The van der Waals surface area contributed by atoms with Gasteiger partial charge in [-0.2, -0.15) is 0 Å². The van der Waals surface area contributed by atoms with E-state index in [1.54, 1.807) is 14.2 Å². The summed E-state index contributed by atoms with van der Waals surface area (Å²) in [7, 11) is 3.39. The molecule has 0 amide bonds. The highest BCUT2D eigenvalue weighted by Gasteiger charge is 2.20. The highest BCUT2D eigenvalue weighted by Crippen LogP contribution is 2.07. The largest absolute Gasteiger partial charge is 0.355 e. The second-order valence-corrected chi connectivity index (χ2v) is 4.33. The molecule has 0 aromatic rings. The van der Waals surface area contributed by atoms with E-state index in [2.05, 4.69) is 23.6 Å². The van der Waals surface area contributed by atoms with Crippen LogP contribution < -0.4 is 0 Å². The van der Waals surface area contributed by atoms with Gasteiger partial charge in [-0.1, -0.05) is 0 Å². The van der Waals surface area contributed by atoms with Crippen molar-refractivity contribution in [1.82, 2.24) is 9.80 Å². The highest BCUT2D eigenvalue weighted by molar-refractivity contribution is 4.74. The second kappa shape index (κ2) is 6.43. The molecule has 1 aliphatic heterocycles. The Labute approximate surface area is 93.1 Å². The van der Waals surface area contributed by atoms with Gasteiger partial charge in [0.15, 0.2) is 6.29 Å². The van der Waals surface area contributed by atoms with Crippen LogP contribution >= 0.6 is 0 Å². The van der Waals surface area contributed by atoms with Crippen LogP contribution in [0.5, 0.6) is 0 Å². The van der Waals surface area contributed by atoms with Crippen LogP contribution in [0.4, 0.5) is 0 Å². The molecule has 0 spiro atoms. The van der Waals surface area contributed by atoms with Crippen molar-refractivity contribution in [1.29, 1.82) is 0 Å². The second-order valence-electron chi connectivity index (χ2n) is 4.33. The Morgan fingerprint density at radius 2 is 1.53 bits per heavy atom. The Morgan fingerprint density at radius 1 is 1.00 bits per heavy atom. The van der Waals surface area contributed by atoms with Crippen molar-refractivity contribution in [2.45, 2.75) is 26.2 Å². The lowest BCUT2D eigenvalue weighted by molar-refractivity contribution is -0.119. The van der Waals surface area contributed by atoms with Crippen LogP contribution in [-0.4, -0.2) is 69.1 Å². The molecule has 0 aromatic heterocycles. The van der Waals surface area contributed by atoms with Gasteiger partial charge in [-0.25, -0.2) is 0 Å². The predicted octanol–water partition coefficient (Wildman–Crippen LogP) is 0.631. The summed E-state index contributed by atoms with van der Waals surface area (Å²) < 4.78 is 10.4. The van der Waals surface area contributed by atoms with Crippen molar-refractivity contribution in [2.75, 3.05) is 46.9 Å². The van der Waals surface area contributed by atoms with Gasteiger partial charge < -0.3 is 9.47 Å². The van der Waals surface area contributed by atoms with Crippen LogP contribution in [0.3, 0.4) is 0 Å². The molecule has 1 saturated heterocycles. The van der Waals surface area contributed by atoms with Crippen molar-refractivity contribution < 1.29 is 9.47 Å². The van der Waals surface area contributed by atoms with Crippen LogP contribution in [0.1, 0.15) is 13.8 Å². The minimum atomic E-state index is -0.0874. The zero-order chi connectivity index (χ0) is 11.3. The first-order valence-electron chi connectivity index (χ1n) is 5.69. The van der Waals surface area contributed by atoms with Crippen molar-refractivity contribution in [3.05, 3.63) is 0 Å². The zero-order valence-electron chi connectivity index (χ0n) is 10.4. The van der Waals surface area contributed by atoms with Gasteiger partial charge in [-0.05, 0) is 13.8 Å². The lowest BCUT2D eigenvalue weighted by Crippen LogP contribution is -2.50. The van der Waals surface area contributed by atoms with Gasteiger partial charge in [0, 0.05) is 53.0 Å². The lowest BCUT2D eigenvalue weighted by atomic mass is 10.2. The van der Waals surface area contributed by atoms with E-state index in [1.165, 1.54) is 0 Å². The maximum absolute atomic E-state index is 5.20. The maximum atomic E-state index is 5.20. The molecule has 1 fully saturated rings. The summed E-state index contributed by atoms with van der Waals surface area (Å²) in [6.07, 6.45) is -0.0874. The zero-order valence-corrected chi connectivity index (χ0v) is 10.4. The van der Waals surface area contributed by atoms with Crippen molar-refractivity contribution in [3.8, 4) is 0 Å². The molecule has 0 unspecified atom stereocenters. The Kier molecular flexibility index (Phi) is 5.53. The van der Waals surface area contributed by atoms with E-state index in [-0.39, 0.29) is 6.29 Å². The van der Waals surface area contributed by atoms with Gasteiger partial charge in [0.1, 0.15) is 0 Å². The number of nitrogens with zero attached hydrogens (tertiary/aromatic N) is 2. The summed E-state index contributed by atoms with van der Waals surface area (Å²) in [5, 5.41) is 0. The fourth-order valence-corrected chi connectivity index (χ4v) is 1.92. The standard InChI is InChI=1S/C11H24N2O2/c1-10(2)13-7-5-12(6-8-13)9-11(14-3)15-4/h10-11H,5-9H2,1-4H3. The van der Waals surface area contributed by atoms with Crippen LogP contribution in [-0.2, 0) is 9.47 Å². The molecule has 90 valence electrons. The number of hydrogen-bond donors (Lipinski definition) is 0. The monoisotopic (exact) mass is 216 g/mol. The fraction of sp³-hybridized carbons (Fsp3) is 1.00. The van der Waals surface area contributed by atoms with E-state index >= 15 is 0 Å². The molecule has 0 N–H and O–H groups in total. The maximum Gasteiger partial charge on any atom is 0.169 e. The van der Waals surface area contributed by atoms with E-state index in [4.69, 9.17) is 9.47 Å². The Morgan fingerprint density at radius 3 is 1.93 bits per heavy atom. The number of rotatable bonds is 5. The summed E-state index contributed by atoms with van der Waals surface area (Å²) in [6.45, 7) is 9.91. The predicted molar refractivity (Wildman–Crippen MR) is 61.0 cm³/mol. The molecule has 4 nitrogen and oxygen atoms in total. The van der Waals surface area contributed by atoms with E-state index in [9.17, 15) is 0 Å².